The highest BCUT2D eigenvalue weighted by molar-refractivity contribution is 5.99. The van der Waals surface area contributed by atoms with Crippen LogP contribution in [0.5, 0.6) is 0 Å². The van der Waals surface area contributed by atoms with Gasteiger partial charge in [-0.1, -0.05) is 13.3 Å². The molecule has 0 rings (SSSR count). The first kappa shape index (κ1) is 11.3. The molecule has 3 heteroatoms. The van der Waals surface area contributed by atoms with Gasteiger partial charge in [0, 0.05) is 13.5 Å². The number of hydrogen-bond donors (Lipinski definition) is 0. The lowest BCUT2D eigenvalue weighted by Crippen LogP contribution is -2.12. The van der Waals surface area contributed by atoms with Gasteiger partial charge in [-0.15, -0.1) is 0 Å². The number of rotatable bonds is 7. The Balaban J connectivity index is 3.47. The van der Waals surface area contributed by atoms with Crippen molar-refractivity contribution in [3.8, 4) is 0 Å². The summed E-state index contributed by atoms with van der Waals surface area (Å²) >= 11 is 0. The summed E-state index contributed by atoms with van der Waals surface area (Å²) in [5.41, 5.74) is 0. The predicted octanol–water partition coefficient (Wildman–Crippen LogP) is 1.35. The third-order valence-electron chi connectivity index (χ3n) is 1.51. The molecule has 0 fully saturated rings. The van der Waals surface area contributed by atoms with Crippen molar-refractivity contribution in [2.75, 3.05) is 13.7 Å². The summed E-state index contributed by atoms with van der Waals surface area (Å²) in [7, 11) is 1.45. The Hall–Kier alpha value is -0.700. The van der Waals surface area contributed by atoms with Gasteiger partial charge in [-0.3, -0.25) is 9.59 Å². The Morgan fingerprint density at radius 2 is 1.92 bits per heavy atom. The normalized spacial score (nSPS) is 9.83. The monoisotopic (exact) mass is 172 g/mol. The lowest BCUT2D eigenvalue weighted by atomic mass is 10.1. The third-order valence-corrected chi connectivity index (χ3v) is 1.51. The van der Waals surface area contributed by atoms with Crippen molar-refractivity contribution in [1.29, 1.82) is 0 Å². The molecule has 0 heterocycles. The first-order chi connectivity index (χ1) is 5.70. The van der Waals surface area contributed by atoms with E-state index in [0.717, 1.165) is 12.8 Å². The second-order valence-electron chi connectivity index (χ2n) is 2.79. The molecule has 0 unspecified atom stereocenters. The molecule has 3 nitrogen and oxygen atoms in total. The molecule has 0 aliphatic carbocycles. The Kier molecular flexibility index (Phi) is 6.57. The van der Waals surface area contributed by atoms with Crippen LogP contribution in [0.4, 0.5) is 0 Å². The molecular weight excluding hydrogens is 156 g/mol. The van der Waals surface area contributed by atoms with Crippen LogP contribution in [0.1, 0.15) is 32.6 Å². The van der Waals surface area contributed by atoms with Gasteiger partial charge in [-0.2, -0.15) is 0 Å². The zero-order valence-corrected chi connectivity index (χ0v) is 7.76. The lowest BCUT2D eigenvalue weighted by molar-refractivity contribution is -0.129. The zero-order valence-electron chi connectivity index (χ0n) is 7.76. The number of ether oxygens (including phenoxy) is 1. The molecule has 0 atom stereocenters. The molecule has 0 saturated carbocycles. The molecule has 0 aromatic carbocycles. The van der Waals surface area contributed by atoms with Crippen LogP contribution in [0.2, 0.25) is 0 Å². The fourth-order valence-corrected chi connectivity index (χ4v) is 0.894. The average molecular weight is 172 g/mol. The van der Waals surface area contributed by atoms with Gasteiger partial charge in [-0.25, -0.2) is 0 Å². The van der Waals surface area contributed by atoms with Crippen LogP contribution >= 0.6 is 0 Å². The van der Waals surface area contributed by atoms with E-state index in [0.29, 0.717) is 6.42 Å². The van der Waals surface area contributed by atoms with Crippen molar-refractivity contribution < 1.29 is 14.3 Å². The summed E-state index contributed by atoms with van der Waals surface area (Å²) in [6, 6.07) is 0. The van der Waals surface area contributed by atoms with Crippen LogP contribution in [0.25, 0.3) is 0 Å². The summed E-state index contributed by atoms with van der Waals surface area (Å²) in [5.74, 6) is -0.0995. The zero-order chi connectivity index (χ0) is 9.40. The molecule has 0 aromatic heterocycles. The second-order valence-corrected chi connectivity index (χ2v) is 2.79. The molecule has 0 aliphatic rings. The van der Waals surface area contributed by atoms with E-state index in [4.69, 9.17) is 0 Å². The Morgan fingerprint density at radius 1 is 1.25 bits per heavy atom. The first-order valence-corrected chi connectivity index (χ1v) is 4.23. The highest BCUT2D eigenvalue weighted by Gasteiger charge is 2.07. The minimum Gasteiger partial charge on any atom is -0.377 e. The Labute approximate surface area is 73.1 Å². The number of ketones is 2. The van der Waals surface area contributed by atoms with Crippen LogP contribution in [0.15, 0.2) is 0 Å². The summed E-state index contributed by atoms with van der Waals surface area (Å²) in [6.07, 6.45) is 2.42. The molecule has 0 bridgehead atoms. The third kappa shape index (κ3) is 6.04. The second kappa shape index (κ2) is 6.98. The van der Waals surface area contributed by atoms with Crippen molar-refractivity contribution in [3.05, 3.63) is 0 Å². The van der Waals surface area contributed by atoms with Crippen molar-refractivity contribution in [2.24, 2.45) is 0 Å². The van der Waals surface area contributed by atoms with Crippen molar-refractivity contribution in [3.63, 3.8) is 0 Å². The van der Waals surface area contributed by atoms with Gasteiger partial charge in [0.05, 0.1) is 6.42 Å². The van der Waals surface area contributed by atoms with Crippen LogP contribution in [0, 0.1) is 0 Å². The number of unbranched alkanes of at least 4 members (excludes halogenated alkanes) is 1. The highest BCUT2D eigenvalue weighted by Crippen LogP contribution is 1.99. The van der Waals surface area contributed by atoms with Gasteiger partial charge in [0.15, 0.2) is 5.78 Å². The maximum absolute atomic E-state index is 11.0. The molecular formula is C9H16O3. The summed E-state index contributed by atoms with van der Waals surface area (Å²) in [6.45, 7) is 2.07. The highest BCUT2D eigenvalue weighted by atomic mass is 16.5. The Morgan fingerprint density at radius 3 is 2.42 bits per heavy atom. The Bertz CT molecular complexity index is 152. The van der Waals surface area contributed by atoms with Gasteiger partial charge in [0.1, 0.15) is 12.4 Å². The number of hydrogen-bond acceptors (Lipinski definition) is 3. The first-order valence-electron chi connectivity index (χ1n) is 4.23. The molecule has 0 N–H and O–H groups in total. The molecule has 0 amide bonds. The smallest absolute Gasteiger partial charge is 0.165 e. The van der Waals surface area contributed by atoms with E-state index in [9.17, 15) is 9.59 Å². The van der Waals surface area contributed by atoms with Gasteiger partial charge in [-0.05, 0) is 6.42 Å². The minimum atomic E-state index is -0.126. The van der Waals surface area contributed by atoms with Gasteiger partial charge in [0.25, 0.3) is 0 Å². The molecule has 70 valence electrons. The molecule has 0 saturated heterocycles. The fourth-order valence-electron chi connectivity index (χ4n) is 0.894. The van der Waals surface area contributed by atoms with E-state index in [1.807, 2.05) is 6.92 Å². The number of methoxy groups -OCH3 is 1. The summed E-state index contributed by atoms with van der Waals surface area (Å²) in [4.78, 5) is 21.9. The largest absolute Gasteiger partial charge is 0.377 e. The van der Waals surface area contributed by atoms with Gasteiger partial charge >= 0.3 is 0 Å². The standard InChI is InChI=1S/C9H16O3/c1-3-4-5-8(10)6-9(11)7-12-2/h3-7H2,1-2H3. The van der Waals surface area contributed by atoms with E-state index in [1.165, 1.54) is 7.11 Å². The van der Waals surface area contributed by atoms with E-state index >= 15 is 0 Å². The van der Waals surface area contributed by atoms with Crippen molar-refractivity contribution >= 4 is 11.6 Å². The maximum atomic E-state index is 11.0. The van der Waals surface area contributed by atoms with Crippen LogP contribution in [-0.2, 0) is 14.3 Å². The quantitative estimate of drug-likeness (QED) is 0.544. The van der Waals surface area contributed by atoms with Gasteiger partial charge in [0.2, 0.25) is 0 Å². The van der Waals surface area contributed by atoms with Crippen LogP contribution < -0.4 is 0 Å². The SMILES string of the molecule is CCCCC(=O)CC(=O)COC. The molecule has 0 radical (unpaired) electrons. The number of carbonyl (C=O) groups is 2. The lowest BCUT2D eigenvalue weighted by Gasteiger charge is -1.98. The summed E-state index contributed by atoms with van der Waals surface area (Å²) in [5, 5.41) is 0. The molecule has 0 spiro atoms. The van der Waals surface area contributed by atoms with Gasteiger partial charge < -0.3 is 4.74 Å². The van der Waals surface area contributed by atoms with E-state index in [1.54, 1.807) is 0 Å². The fraction of sp³-hybridized carbons (Fsp3) is 0.778. The summed E-state index contributed by atoms with van der Waals surface area (Å²) < 4.78 is 4.61. The minimum absolute atomic E-state index is 0.0268. The molecule has 12 heavy (non-hydrogen) atoms. The van der Waals surface area contributed by atoms with Crippen molar-refractivity contribution in [2.45, 2.75) is 32.6 Å². The number of Topliss-reactive ketones (excluding diaryl/α,β-unsaturated/α-hetero) is 2. The van der Waals surface area contributed by atoms with E-state index in [-0.39, 0.29) is 24.6 Å². The molecule has 0 aliphatic heterocycles. The van der Waals surface area contributed by atoms with E-state index < -0.39 is 0 Å². The average Bonchev–Trinajstić information content (AvgIpc) is 2.01. The molecule has 0 aromatic rings. The maximum Gasteiger partial charge on any atom is 0.165 e. The van der Waals surface area contributed by atoms with Crippen molar-refractivity contribution in [1.82, 2.24) is 0 Å². The van der Waals surface area contributed by atoms with Crippen LogP contribution in [-0.4, -0.2) is 25.3 Å². The topological polar surface area (TPSA) is 43.4 Å². The number of carbonyl (C=O) groups excluding carboxylic acids is 2. The van der Waals surface area contributed by atoms with E-state index in [2.05, 4.69) is 4.74 Å². The predicted molar refractivity (Wildman–Crippen MR) is 46.0 cm³/mol. The van der Waals surface area contributed by atoms with Crippen LogP contribution in [0.3, 0.4) is 0 Å².